The maximum Gasteiger partial charge on any atom is 0.243 e. The number of anilines is 1. The fourth-order valence-corrected chi connectivity index (χ4v) is 5.11. The highest BCUT2D eigenvalue weighted by Crippen LogP contribution is 2.32. The van der Waals surface area contributed by atoms with E-state index >= 15 is 0 Å². The molecule has 1 aliphatic heterocycles. The normalized spacial score (nSPS) is 24.2. The molecule has 0 saturated carbocycles. The molecule has 0 bridgehead atoms. The number of rotatable bonds is 3. The number of hydrogen-bond donors (Lipinski definition) is 1. The summed E-state index contributed by atoms with van der Waals surface area (Å²) >= 11 is 3.31. The van der Waals surface area contributed by atoms with Crippen molar-refractivity contribution in [2.75, 3.05) is 25.9 Å². The Bertz CT molecular complexity index is 648. The van der Waals surface area contributed by atoms with Crippen molar-refractivity contribution in [3.8, 4) is 0 Å². The zero-order valence-corrected chi connectivity index (χ0v) is 14.9. The van der Waals surface area contributed by atoms with Crippen molar-refractivity contribution in [3.63, 3.8) is 0 Å². The van der Waals surface area contributed by atoms with E-state index < -0.39 is 15.6 Å². The number of halogens is 1. The van der Waals surface area contributed by atoms with Gasteiger partial charge in [-0.1, -0.05) is 15.9 Å². The van der Waals surface area contributed by atoms with E-state index in [1.54, 1.807) is 26.2 Å². The molecule has 0 aliphatic carbocycles. The van der Waals surface area contributed by atoms with Gasteiger partial charge in [0.15, 0.2) is 0 Å². The highest BCUT2D eigenvalue weighted by molar-refractivity contribution is 9.10. The van der Waals surface area contributed by atoms with Gasteiger partial charge in [0.05, 0.1) is 10.5 Å². The van der Waals surface area contributed by atoms with Crippen molar-refractivity contribution >= 4 is 31.6 Å². The summed E-state index contributed by atoms with van der Waals surface area (Å²) in [7, 11) is -1.95. The molecule has 1 saturated heterocycles. The van der Waals surface area contributed by atoms with Gasteiger partial charge in [0.25, 0.3) is 0 Å². The largest absolute Gasteiger partial charge is 0.398 e. The van der Waals surface area contributed by atoms with Crippen molar-refractivity contribution in [1.29, 1.82) is 0 Å². The van der Waals surface area contributed by atoms with E-state index in [2.05, 4.69) is 15.9 Å². The first-order valence-corrected chi connectivity index (χ1v) is 9.04. The van der Waals surface area contributed by atoms with Crippen molar-refractivity contribution in [3.05, 3.63) is 22.2 Å². The molecule has 1 atom stereocenters. The molecule has 1 aliphatic rings. The van der Waals surface area contributed by atoms with Crippen LogP contribution in [0, 0.1) is 6.92 Å². The number of nitrogen functional groups attached to an aromatic ring is 1. The van der Waals surface area contributed by atoms with Gasteiger partial charge in [-0.05, 0) is 44.4 Å². The van der Waals surface area contributed by atoms with Crippen molar-refractivity contribution < 1.29 is 13.2 Å². The number of benzene rings is 1. The average Bonchev–Trinajstić information content (AvgIpc) is 2.42. The summed E-state index contributed by atoms with van der Waals surface area (Å²) in [5.74, 6) is 0. The Hall–Kier alpha value is -0.630. The second-order valence-electron chi connectivity index (χ2n) is 5.71. The van der Waals surface area contributed by atoms with Crippen molar-refractivity contribution in [2.24, 2.45) is 0 Å². The first-order valence-electron chi connectivity index (χ1n) is 6.80. The number of sulfonamides is 1. The number of piperidine rings is 1. The summed E-state index contributed by atoms with van der Waals surface area (Å²) in [5, 5.41) is 0. The van der Waals surface area contributed by atoms with E-state index in [0.717, 1.165) is 12.8 Å². The first-order chi connectivity index (χ1) is 9.69. The van der Waals surface area contributed by atoms with Crippen LogP contribution in [0.5, 0.6) is 0 Å². The Labute approximate surface area is 134 Å². The molecule has 7 heteroatoms. The summed E-state index contributed by atoms with van der Waals surface area (Å²) in [6, 6.07) is 3.32. The summed E-state index contributed by atoms with van der Waals surface area (Å²) in [6.07, 6.45) is 1.64. The smallest absolute Gasteiger partial charge is 0.243 e. The van der Waals surface area contributed by atoms with Gasteiger partial charge in [0, 0.05) is 30.4 Å². The summed E-state index contributed by atoms with van der Waals surface area (Å²) < 4.78 is 33.5. The maximum absolute atomic E-state index is 12.9. The molecule has 1 fully saturated rings. The van der Waals surface area contributed by atoms with E-state index in [0.29, 0.717) is 28.8 Å². The van der Waals surface area contributed by atoms with Crippen LogP contribution in [0.1, 0.15) is 25.3 Å². The summed E-state index contributed by atoms with van der Waals surface area (Å²) in [4.78, 5) is 0.259. The average molecular weight is 377 g/mol. The minimum absolute atomic E-state index is 0.259. The van der Waals surface area contributed by atoms with Gasteiger partial charge in [0.2, 0.25) is 10.0 Å². The minimum Gasteiger partial charge on any atom is -0.398 e. The first kappa shape index (κ1) is 16.7. The SMILES string of the molecule is COC1(C)CCCN(S(=O)(=O)c2cc(Br)cc(N)c2C)C1. The molecule has 2 rings (SSSR count). The van der Waals surface area contributed by atoms with E-state index in [1.807, 2.05) is 6.92 Å². The molecule has 1 aromatic rings. The molecule has 0 amide bonds. The molecule has 1 heterocycles. The predicted octanol–water partition coefficient (Wildman–Crippen LogP) is 2.53. The Balaban J connectivity index is 2.43. The molecule has 2 N–H and O–H groups in total. The lowest BCUT2D eigenvalue weighted by Gasteiger charge is -2.38. The molecular formula is C14H21BrN2O3S. The molecule has 1 aromatic carbocycles. The van der Waals surface area contributed by atoms with Gasteiger partial charge in [-0.15, -0.1) is 0 Å². The van der Waals surface area contributed by atoms with Gasteiger partial charge < -0.3 is 10.5 Å². The number of nitrogens with zero attached hydrogens (tertiary/aromatic N) is 1. The van der Waals surface area contributed by atoms with Gasteiger partial charge >= 0.3 is 0 Å². The van der Waals surface area contributed by atoms with E-state index in [-0.39, 0.29) is 4.90 Å². The third-order valence-electron chi connectivity index (χ3n) is 4.10. The van der Waals surface area contributed by atoms with Crippen LogP contribution in [0.4, 0.5) is 5.69 Å². The Kier molecular flexibility index (Phi) is 4.68. The van der Waals surface area contributed by atoms with Crippen LogP contribution in [-0.4, -0.2) is 38.5 Å². The van der Waals surface area contributed by atoms with E-state index in [1.165, 1.54) is 4.31 Å². The molecule has 5 nitrogen and oxygen atoms in total. The zero-order valence-electron chi connectivity index (χ0n) is 12.5. The van der Waals surface area contributed by atoms with Crippen LogP contribution in [0.3, 0.4) is 0 Å². The number of methoxy groups -OCH3 is 1. The van der Waals surface area contributed by atoms with Crippen molar-refractivity contribution in [1.82, 2.24) is 4.31 Å². The van der Waals surface area contributed by atoms with Crippen LogP contribution in [0.2, 0.25) is 0 Å². The molecule has 21 heavy (non-hydrogen) atoms. The van der Waals surface area contributed by atoms with Crippen LogP contribution in [-0.2, 0) is 14.8 Å². The maximum atomic E-state index is 12.9. The standard InChI is InChI=1S/C14H21BrN2O3S/c1-10-12(16)7-11(15)8-13(10)21(18,19)17-6-4-5-14(2,9-17)20-3/h7-8H,4-6,9,16H2,1-3H3. The highest BCUT2D eigenvalue weighted by atomic mass is 79.9. The molecule has 0 radical (unpaired) electrons. The molecule has 0 aromatic heterocycles. The second kappa shape index (κ2) is 5.87. The number of nitrogens with two attached hydrogens (primary N) is 1. The Morgan fingerprint density at radius 3 is 2.71 bits per heavy atom. The van der Waals surface area contributed by atoms with E-state index in [4.69, 9.17) is 10.5 Å². The summed E-state index contributed by atoms with van der Waals surface area (Å²) in [6.45, 7) is 4.54. The minimum atomic E-state index is -3.58. The van der Waals surface area contributed by atoms with Crippen LogP contribution in [0.25, 0.3) is 0 Å². The van der Waals surface area contributed by atoms with Crippen LogP contribution < -0.4 is 5.73 Å². The highest BCUT2D eigenvalue weighted by Gasteiger charge is 2.37. The zero-order chi connectivity index (χ0) is 15.8. The van der Waals surface area contributed by atoms with Gasteiger partial charge in [-0.3, -0.25) is 0 Å². The second-order valence-corrected chi connectivity index (χ2v) is 8.54. The number of hydrogen-bond acceptors (Lipinski definition) is 4. The Morgan fingerprint density at radius 1 is 1.43 bits per heavy atom. The quantitative estimate of drug-likeness (QED) is 0.822. The lowest BCUT2D eigenvalue weighted by Crippen LogP contribution is -2.49. The lowest BCUT2D eigenvalue weighted by molar-refractivity contribution is -0.0319. The van der Waals surface area contributed by atoms with Crippen molar-refractivity contribution in [2.45, 2.75) is 37.2 Å². The van der Waals surface area contributed by atoms with Crippen LogP contribution in [0.15, 0.2) is 21.5 Å². The summed E-state index contributed by atoms with van der Waals surface area (Å²) in [5.41, 5.74) is 6.51. The number of ether oxygens (including phenoxy) is 1. The fraction of sp³-hybridized carbons (Fsp3) is 0.571. The lowest BCUT2D eigenvalue weighted by atomic mass is 9.96. The molecule has 118 valence electrons. The Morgan fingerprint density at radius 2 is 2.10 bits per heavy atom. The predicted molar refractivity (Wildman–Crippen MR) is 86.7 cm³/mol. The van der Waals surface area contributed by atoms with Gasteiger partial charge in [-0.25, -0.2) is 8.42 Å². The molecule has 0 spiro atoms. The monoisotopic (exact) mass is 376 g/mol. The van der Waals surface area contributed by atoms with Crippen LogP contribution >= 0.6 is 15.9 Å². The topological polar surface area (TPSA) is 72.6 Å². The third kappa shape index (κ3) is 3.26. The molecule has 1 unspecified atom stereocenters. The fourth-order valence-electron chi connectivity index (χ4n) is 2.61. The van der Waals surface area contributed by atoms with Gasteiger partial charge in [0.1, 0.15) is 0 Å². The van der Waals surface area contributed by atoms with Gasteiger partial charge in [-0.2, -0.15) is 4.31 Å². The third-order valence-corrected chi connectivity index (χ3v) is 6.53. The molecular weight excluding hydrogens is 356 g/mol. The van der Waals surface area contributed by atoms with E-state index in [9.17, 15) is 8.42 Å².